The Kier molecular flexibility index (Phi) is 5.75. The number of allylic oxidation sites excluding steroid dienone is 1. The Bertz CT molecular complexity index is 531. The number of hydrogen-bond donors (Lipinski definition) is 2. The molecule has 0 spiro atoms. The lowest BCUT2D eigenvalue weighted by Gasteiger charge is -2.28. The van der Waals surface area contributed by atoms with E-state index in [1.807, 2.05) is 42.5 Å². The zero-order chi connectivity index (χ0) is 15.8. The molecule has 1 fully saturated rings. The Balaban J connectivity index is 1.79. The van der Waals surface area contributed by atoms with Gasteiger partial charge in [0.25, 0.3) is 0 Å². The smallest absolute Gasteiger partial charge is 0.305 e. The maximum absolute atomic E-state index is 12.1. The highest BCUT2D eigenvalue weighted by Crippen LogP contribution is 2.32. The number of nitrogens with one attached hydrogen (secondary N) is 1. The van der Waals surface area contributed by atoms with E-state index in [9.17, 15) is 9.59 Å². The van der Waals surface area contributed by atoms with E-state index < -0.39 is 11.5 Å². The van der Waals surface area contributed by atoms with Crippen molar-refractivity contribution in [3.05, 3.63) is 42.0 Å². The van der Waals surface area contributed by atoms with E-state index in [0.29, 0.717) is 12.8 Å². The van der Waals surface area contributed by atoms with Crippen LogP contribution in [0.1, 0.15) is 50.5 Å². The molecule has 0 saturated heterocycles. The second kappa shape index (κ2) is 7.78. The quantitative estimate of drug-likeness (QED) is 0.811. The minimum Gasteiger partial charge on any atom is -0.481 e. The van der Waals surface area contributed by atoms with E-state index in [4.69, 9.17) is 5.11 Å². The summed E-state index contributed by atoms with van der Waals surface area (Å²) in [5.74, 6) is -0.896. The van der Waals surface area contributed by atoms with Crippen LogP contribution in [0.25, 0.3) is 6.08 Å². The van der Waals surface area contributed by atoms with Gasteiger partial charge in [0.2, 0.25) is 5.91 Å². The summed E-state index contributed by atoms with van der Waals surface area (Å²) in [6, 6.07) is 9.94. The molecule has 1 aromatic carbocycles. The summed E-state index contributed by atoms with van der Waals surface area (Å²) in [5.41, 5.74) is 0.590. The summed E-state index contributed by atoms with van der Waals surface area (Å²) < 4.78 is 0. The number of carbonyl (C=O) groups excluding carboxylic acids is 1. The number of amides is 1. The fraction of sp³-hybridized carbons (Fsp3) is 0.444. The molecule has 1 aliphatic rings. The lowest BCUT2D eigenvalue weighted by Crippen LogP contribution is -2.47. The Morgan fingerprint density at radius 3 is 2.50 bits per heavy atom. The normalized spacial score (nSPS) is 16.7. The number of benzene rings is 1. The molecule has 1 aliphatic carbocycles. The number of hydrogen-bond acceptors (Lipinski definition) is 2. The topological polar surface area (TPSA) is 66.4 Å². The Morgan fingerprint density at radius 1 is 1.18 bits per heavy atom. The fourth-order valence-corrected chi connectivity index (χ4v) is 3.04. The van der Waals surface area contributed by atoms with Crippen LogP contribution >= 0.6 is 0 Å². The second-order valence-corrected chi connectivity index (χ2v) is 5.96. The molecule has 0 bridgehead atoms. The predicted molar refractivity (Wildman–Crippen MR) is 86.3 cm³/mol. The summed E-state index contributed by atoms with van der Waals surface area (Å²) in [5, 5.41) is 12.0. The largest absolute Gasteiger partial charge is 0.481 e. The van der Waals surface area contributed by atoms with Gasteiger partial charge in [0.05, 0.1) is 12.0 Å². The van der Waals surface area contributed by atoms with Gasteiger partial charge in [0.15, 0.2) is 0 Å². The maximum Gasteiger partial charge on any atom is 0.305 e. The first-order valence-corrected chi connectivity index (χ1v) is 7.84. The van der Waals surface area contributed by atoms with Gasteiger partial charge in [-0.15, -0.1) is 0 Å². The first-order chi connectivity index (χ1) is 10.6. The molecular weight excluding hydrogens is 278 g/mol. The van der Waals surface area contributed by atoms with Crippen LogP contribution < -0.4 is 5.32 Å². The van der Waals surface area contributed by atoms with Crippen LogP contribution in [-0.4, -0.2) is 22.5 Å². The minimum absolute atomic E-state index is 0.0264. The Morgan fingerprint density at radius 2 is 1.86 bits per heavy atom. The third kappa shape index (κ3) is 5.02. The van der Waals surface area contributed by atoms with Crippen LogP contribution in [-0.2, 0) is 9.59 Å². The first kappa shape index (κ1) is 16.3. The molecule has 1 amide bonds. The molecule has 0 unspecified atom stereocenters. The molecule has 4 nitrogen and oxygen atoms in total. The Hall–Kier alpha value is -2.10. The molecule has 0 atom stereocenters. The standard InChI is InChI=1S/C18H23NO3/c20-16(11-5-4-10-15-8-2-1-3-9-15)19-18(14-17(21)22)12-6-7-13-18/h1-4,8-10H,5-7,11-14H2,(H,19,20)(H,21,22)/b10-4+. The lowest BCUT2D eigenvalue weighted by atomic mass is 9.93. The predicted octanol–water partition coefficient (Wildman–Crippen LogP) is 3.38. The average molecular weight is 301 g/mol. The van der Waals surface area contributed by atoms with E-state index in [1.165, 1.54) is 0 Å². The van der Waals surface area contributed by atoms with Gasteiger partial charge in [-0.1, -0.05) is 55.3 Å². The van der Waals surface area contributed by atoms with Crippen LogP contribution in [0.4, 0.5) is 0 Å². The second-order valence-electron chi connectivity index (χ2n) is 5.96. The summed E-state index contributed by atoms with van der Waals surface area (Å²) in [4.78, 5) is 23.1. The average Bonchev–Trinajstić information content (AvgIpc) is 2.92. The molecule has 2 rings (SSSR count). The summed E-state index contributed by atoms with van der Waals surface area (Å²) in [6.45, 7) is 0. The molecular formula is C18H23NO3. The SMILES string of the molecule is O=C(O)CC1(NC(=O)CC/C=C/c2ccccc2)CCCC1. The number of carboxylic acids is 1. The van der Waals surface area contributed by atoms with Crippen molar-refractivity contribution in [2.75, 3.05) is 0 Å². The minimum atomic E-state index is -0.842. The summed E-state index contributed by atoms with van der Waals surface area (Å²) in [7, 11) is 0. The van der Waals surface area contributed by atoms with Gasteiger partial charge >= 0.3 is 5.97 Å². The third-order valence-electron chi connectivity index (χ3n) is 4.10. The lowest BCUT2D eigenvalue weighted by molar-refractivity contribution is -0.139. The zero-order valence-corrected chi connectivity index (χ0v) is 12.8. The number of carbonyl (C=O) groups is 2. The molecule has 1 saturated carbocycles. The monoisotopic (exact) mass is 301 g/mol. The molecule has 118 valence electrons. The highest BCUT2D eigenvalue weighted by Gasteiger charge is 2.37. The van der Waals surface area contributed by atoms with Crippen molar-refractivity contribution in [2.24, 2.45) is 0 Å². The summed E-state index contributed by atoms with van der Waals surface area (Å²) in [6.07, 6.45) is 8.56. The van der Waals surface area contributed by atoms with E-state index >= 15 is 0 Å². The Labute approximate surface area is 131 Å². The van der Waals surface area contributed by atoms with Crippen molar-refractivity contribution in [3.8, 4) is 0 Å². The van der Waals surface area contributed by atoms with E-state index in [2.05, 4.69) is 5.32 Å². The van der Waals surface area contributed by atoms with Gasteiger partial charge in [-0.05, 0) is 24.8 Å². The molecule has 22 heavy (non-hydrogen) atoms. The molecule has 0 aromatic heterocycles. The van der Waals surface area contributed by atoms with E-state index in [1.54, 1.807) is 0 Å². The fourth-order valence-electron chi connectivity index (χ4n) is 3.04. The van der Waals surface area contributed by atoms with Gasteiger partial charge in [-0.25, -0.2) is 0 Å². The number of rotatable bonds is 7. The first-order valence-electron chi connectivity index (χ1n) is 7.84. The van der Waals surface area contributed by atoms with Gasteiger partial charge < -0.3 is 10.4 Å². The van der Waals surface area contributed by atoms with Crippen molar-refractivity contribution in [3.63, 3.8) is 0 Å². The van der Waals surface area contributed by atoms with Crippen LogP contribution in [0, 0.1) is 0 Å². The number of carboxylic acid groups (broad SMARTS) is 1. The molecule has 0 radical (unpaired) electrons. The molecule has 0 heterocycles. The maximum atomic E-state index is 12.1. The molecule has 2 N–H and O–H groups in total. The van der Waals surface area contributed by atoms with Crippen LogP contribution in [0.5, 0.6) is 0 Å². The number of aliphatic carboxylic acids is 1. The van der Waals surface area contributed by atoms with Gasteiger partial charge in [-0.3, -0.25) is 9.59 Å². The molecule has 1 aromatic rings. The third-order valence-corrected chi connectivity index (χ3v) is 4.10. The van der Waals surface area contributed by atoms with E-state index in [0.717, 1.165) is 31.2 Å². The molecule has 4 heteroatoms. The zero-order valence-electron chi connectivity index (χ0n) is 12.8. The van der Waals surface area contributed by atoms with Crippen molar-refractivity contribution in [1.82, 2.24) is 5.32 Å². The van der Waals surface area contributed by atoms with Crippen molar-refractivity contribution in [2.45, 2.75) is 50.5 Å². The van der Waals surface area contributed by atoms with Crippen LogP contribution in [0.3, 0.4) is 0 Å². The van der Waals surface area contributed by atoms with Crippen LogP contribution in [0.2, 0.25) is 0 Å². The van der Waals surface area contributed by atoms with Gasteiger partial charge in [0.1, 0.15) is 0 Å². The van der Waals surface area contributed by atoms with E-state index in [-0.39, 0.29) is 12.3 Å². The van der Waals surface area contributed by atoms with Crippen molar-refractivity contribution >= 4 is 18.0 Å². The highest BCUT2D eigenvalue weighted by atomic mass is 16.4. The van der Waals surface area contributed by atoms with Crippen molar-refractivity contribution in [1.29, 1.82) is 0 Å². The molecule has 0 aliphatic heterocycles. The van der Waals surface area contributed by atoms with Crippen molar-refractivity contribution < 1.29 is 14.7 Å². The van der Waals surface area contributed by atoms with Gasteiger partial charge in [0, 0.05) is 6.42 Å². The van der Waals surface area contributed by atoms with Crippen LogP contribution in [0.15, 0.2) is 36.4 Å². The summed E-state index contributed by atoms with van der Waals surface area (Å²) >= 11 is 0. The van der Waals surface area contributed by atoms with Gasteiger partial charge in [-0.2, -0.15) is 0 Å². The highest BCUT2D eigenvalue weighted by molar-refractivity contribution is 5.78.